The lowest BCUT2D eigenvalue weighted by Gasteiger charge is -2.12. The van der Waals surface area contributed by atoms with Crippen LogP contribution in [0.5, 0.6) is 11.5 Å². The Hall–Kier alpha value is -0.990. The first-order valence-electron chi connectivity index (χ1n) is 5.69. The molecule has 2 aromatic rings. The maximum absolute atomic E-state index is 5.95. The summed E-state index contributed by atoms with van der Waals surface area (Å²) in [6, 6.07) is 12.0. The molecule has 0 radical (unpaired) electrons. The lowest BCUT2D eigenvalue weighted by atomic mass is 10.1. The van der Waals surface area contributed by atoms with Gasteiger partial charge in [0, 0.05) is 10.0 Å². The second-order valence-electron chi connectivity index (χ2n) is 4.26. The second-order valence-corrected chi connectivity index (χ2v) is 5.44. The van der Waals surface area contributed by atoms with Crippen LogP contribution in [-0.4, -0.2) is 0 Å². The summed E-state index contributed by atoms with van der Waals surface area (Å²) in [5.41, 5.74) is 3.29. The van der Waals surface area contributed by atoms with Crippen LogP contribution in [0, 0.1) is 13.8 Å². The summed E-state index contributed by atoms with van der Waals surface area (Å²) in [4.78, 5) is 0. The molecular formula is C15H14BrClO. The number of benzene rings is 2. The van der Waals surface area contributed by atoms with Gasteiger partial charge in [0.2, 0.25) is 0 Å². The van der Waals surface area contributed by atoms with E-state index in [4.69, 9.17) is 16.3 Å². The van der Waals surface area contributed by atoms with Crippen molar-refractivity contribution in [3.63, 3.8) is 0 Å². The van der Waals surface area contributed by atoms with E-state index >= 15 is 0 Å². The smallest absolute Gasteiger partial charge is 0.131 e. The Balaban J connectivity index is 2.36. The largest absolute Gasteiger partial charge is 0.457 e. The minimum atomic E-state index is 0.448. The fourth-order valence-corrected chi connectivity index (χ4v) is 2.26. The van der Waals surface area contributed by atoms with Gasteiger partial charge in [-0.15, -0.1) is 11.6 Å². The van der Waals surface area contributed by atoms with Gasteiger partial charge in [0.15, 0.2) is 0 Å². The Bertz CT molecular complexity index is 566. The first-order chi connectivity index (χ1) is 8.60. The molecule has 94 valence electrons. The predicted octanol–water partition coefficient (Wildman–Crippen LogP) is 5.60. The van der Waals surface area contributed by atoms with Crippen LogP contribution in [0.4, 0.5) is 0 Å². The zero-order valence-electron chi connectivity index (χ0n) is 10.3. The fraction of sp³-hybridized carbons (Fsp3) is 0.200. The molecule has 3 heteroatoms. The molecule has 0 bridgehead atoms. The normalized spacial score (nSPS) is 10.4. The maximum Gasteiger partial charge on any atom is 0.131 e. The van der Waals surface area contributed by atoms with Crippen molar-refractivity contribution in [3.05, 3.63) is 57.6 Å². The van der Waals surface area contributed by atoms with Crippen molar-refractivity contribution in [1.29, 1.82) is 0 Å². The third-order valence-corrected chi connectivity index (χ3v) is 3.51. The summed E-state index contributed by atoms with van der Waals surface area (Å²) < 4.78 is 6.95. The van der Waals surface area contributed by atoms with Gasteiger partial charge in [0.05, 0.1) is 5.88 Å². The molecule has 0 aliphatic heterocycles. The van der Waals surface area contributed by atoms with E-state index in [9.17, 15) is 0 Å². The Morgan fingerprint density at radius 1 is 1.06 bits per heavy atom. The SMILES string of the molecule is Cc1ccc(Oc2cc(Br)ccc2C)c(CCl)c1. The van der Waals surface area contributed by atoms with Crippen molar-refractivity contribution >= 4 is 27.5 Å². The van der Waals surface area contributed by atoms with Crippen LogP contribution in [0.3, 0.4) is 0 Å². The first kappa shape index (κ1) is 13.4. The van der Waals surface area contributed by atoms with Crippen molar-refractivity contribution in [3.8, 4) is 11.5 Å². The quantitative estimate of drug-likeness (QED) is 0.668. The van der Waals surface area contributed by atoms with E-state index in [1.807, 2.05) is 44.2 Å². The number of hydrogen-bond donors (Lipinski definition) is 0. The average molecular weight is 326 g/mol. The summed E-state index contributed by atoms with van der Waals surface area (Å²) >= 11 is 9.40. The standard InChI is InChI=1S/C15H14BrClO/c1-10-3-6-14(12(7-10)9-17)18-15-8-13(16)5-4-11(15)2/h3-8H,9H2,1-2H3. The Kier molecular flexibility index (Phi) is 4.31. The van der Waals surface area contributed by atoms with E-state index in [2.05, 4.69) is 22.0 Å². The molecule has 2 rings (SSSR count). The number of rotatable bonds is 3. The van der Waals surface area contributed by atoms with Gasteiger partial charge in [0.1, 0.15) is 11.5 Å². The van der Waals surface area contributed by atoms with Gasteiger partial charge >= 0.3 is 0 Å². The van der Waals surface area contributed by atoms with Crippen molar-refractivity contribution in [2.45, 2.75) is 19.7 Å². The Labute approximate surface area is 121 Å². The first-order valence-corrected chi connectivity index (χ1v) is 7.02. The number of hydrogen-bond acceptors (Lipinski definition) is 1. The topological polar surface area (TPSA) is 9.23 Å². The summed E-state index contributed by atoms with van der Waals surface area (Å²) in [6.07, 6.45) is 0. The highest BCUT2D eigenvalue weighted by Crippen LogP contribution is 2.31. The molecule has 2 aromatic carbocycles. The Morgan fingerprint density at radius 2 is 1.83 bits per heavy atom. The number of alkyl halides is 1. The van der Waals surface area contributed by atoms with Crippen molar-refractivity contribution in [1.82, 2.24) is 0 Å². The van der Waals surface area contributed by atoms with Crippen LogP contribution in [0.25, 0.3) is 0 Å². The molecule has 0 aromatic heterocycles. The maximum atomic E-state index is 5.95. The van der Waals surface area contributed by atoms with Crippen LogP contribution in [-0.2, 0) is 5.88 Å². The van der Waals surface area contributed by atoms with Gasteiger partial charge in [-0.25, -0.2) is 0 Å². The van der Waals surface area contributed by atoms with E-state index in [0.717, 1.165) is 27.1 Å². The summed E-state index contributed by atoms with van der Waals surface area (Å²) in [7, 11) is 0. The minimum absolute atomic E-state index is 0.448. The van der Waals surface area contributed by atoms with Crippen LogP contribution in [0.1, 0.15) is 16.7 Å². The zero-order chi connectivity index (χ0) is 13.1. The number of halogens is 2. The van der Waals surface area contributed by atoms with Gasteiger partial charge in [-0.2, -0.15) is 0 Å². The molecule has 18 heavy (non-hydrogen) atoms. The molecule has 0 fully saturated rings. The summed E-state index contributed by atoms with van der Waals surface area (Å²) in [5.74, 6) is 2.11. The molecule has 0 aliphatic rings. The van der Waals surface area contributed by atoms with Crippen LogP contribution in [0.15, 0.2) is 40.9 Å². The minimum Gasteiger partial charge on any atom is -0.457 e. The van der Waals surface area contributed by atoms with E-state index in [1.54, 1.807) is 0 Å². The lowest BCUT2D eigenvalue weighted by molar-refractivity contribution is 0.474. The van der Waals surface area contributed by atoms with Gasteiger partial charge < -0.3 is 4.74 Å². The second kappa shape index (κ2) is 5.77. The van der Waals surface area contributed by atoms with Gasteiger partial charge in [-0.05, 0) is 37.6 Å². The molecule has 0 heterocycles. The van der Waals surface area contributed by atoms with E-state index in [-0.39, 0.29) is 0 Å². The highest BCUT2D eigenvalue weighted by Gasteiger charge is 2.07. The third kappa shape index (κ3) is 3.06. The highest BCUT2D eigenvalue weighted by atomic mass is 79.9. The van der Waals surface area contributed by atoms with E-state index < -0.39 is 0 Å². The Morgan fingerprint density at radius 3 is 2.56 bits per heavy atom. The van der Waals surface area contributed by atoms with Crippen molar-refractivity contribution in [2.75, 3.05) is 0 Å². The molecule has 0 saturated carbocycles. The third-order valence-electron chi connectivity index (χ3n) is 2.73. The van der Waals surface area contributed by atoms with E-state index in [0.29, 0.717) is 5.88 Å². The molecular weight excluding hydrogens is 312 g/mol. The molecule has 0 aliphatic carbocycles. The zero-order valence-corrected chi connectivity index (χ0v) is 12.7. The lowest BCUT2D eigenvalue weighted by Crippen LogP contribution is -1.92. The summed E-state index contributed by atoms with van der Waals surface area (Å²) in [6.45, 7) is 4.07. The van der Waals surface area contributed by atoms with Crippen LogP contribution >= 0.6 is 27.5 Å². The number of aryl methyl sites for hydroxylation is 2. The van der Waals surface area contributed by atoms with Gasteiger partial charge in [0.25, 0.3) is 0 Å². The molecule has 1 nitrogen and oxygen atoms in total. The molecule has 0 unspecified atom stereocenters. The summed E-state index contributed by atoms with van der Waals surface area (Å²) in [5, 5.41) is 0. The molecule has 0 atom stereocenters. The van der Waals surface area contributed by atoms with Gasteiger partial charge in [-0.1, -0.05) is 39.7 Å². The molecule has 0 saturated heterocycles. The predicted molar refractivity (Wildman–Crippen MR) is 79.7 cm³/mol. The molecule has 0 amide bonds. The van der Waals surface area contributed by atoms with Crippen LogP contribution < -0.4 is 4.74 Å². The van der Waals surface area contributed by atoms with Crippen molar-refractivity contribution < 1.29 is 4.74 Å². The molecule has 0 spiro atoms. The molecule has 0 N–H and O–H groups in total. The number of ether oxygens (including phenoxy) is 1. The monoisotopic (exact) mass is 324 g/mol. The van der Waals surface area contributed by atoms with Gasteiger partial charge in [-0.3, -0.25) is 0 Å². The highest BCUT2D eigenvalue weighted by molar-refractivity contribution is 9.10. The van der Waals surface area contributed by atoms with Crippen molar-refractivity contribution in [2.24, 2.45) is 0 Å². The van der Waals surface area contributed by atoms with Crippen LogP contribution in [0.2, 0.25) is 0 Å². The average Bonchev–Trinajstić information content (AvgIpc) is 2.36. The fourth-order valence-electron chi connectivity index (χ4n) is 1.71. The van der Waals surface area contributed by atoms with E-state index in [1.165, 1.54) is 5.56 Å².